The van der Waals surface area contributed by atoms with Gasteiger partial charge in [0.2, 0.25) is 0 Å². The second-order valence-corrected chi connectivity index (χ2v) is 7.11. The normalized spacial score (nSPS) is 11.3. The van der Waals surface area contributed by atoms with E-state index in [0.717, 1.165) is 33.9 Å². The maximum absolute atomic E-state index is 13.0. The Morgan fingerprint density at radius 2 is 1.67 bits per heavy atom. The SMILES string of the molecule is Cc1ccc(-c2nc3ccc(C)cn3c2CC(=O)c2cn(C)nc2C)cc1. The first-order valence-electron chi connectivity index (χ1n) is 9.00. The number of nitrogens with zero attached hydrogens (tertiary/aromatic N) is 4. The number of carbonyl (C=O) groups is 1. The Morgan fingerprint density at radius 3 is 2.33 bits per heavy atom. The van der Waals surface area contributed by atoms with Crippen molar-refractivity contribution >= 4 is 11.4 Å². The van der Waals surface area contributed by atoms with Gasteiger partial charge in [0.25, 0.3) is 0 Å². The summed E-state index contributed by atoms with van der Waals surface area (Å²) in [5.74, 6) is 0.0530. The number of hydrogen-bond donors (Lipinski definition) is 0. The van der Waals surface area contributed by atoms with Crippen molar-refractivity contribution in [3.63, 3.8) is 0 Å². The fourth-order valence-electron chi connectivity index (χ4n) is 3.43. The van der Waals surface area contributed by atoms with Crippen LogP contribution in [0, 0.1) is 20.8 Å². The molecule has 5 heteroatoms. The quantitative estimate of drug-likeness (QED) is 0.517. The number of ketones is 1. The van der Waals surface area contributed by atoms with Gasteiger partial charge in [0.05, 0.1) is 29.1 Å². The highest BCUT2D eigenvalue weighted by Crippen LogP contribution is 2.27. The molecule has 0 bridgehead atoms. The average Bonchev–Trinajstić information content (AvgIpc) is 3.15. The van der Waals surface area contributed by atoms with Crippen LogP contribution in [0.1, 0.15) is 32.9 Å². The van der Waals surface area contributed by atoms with Gasteiger partial charge >= 0.3 is 0 Å². The van der Waals surface area contributed by atoms with Gasteiger partial charge in [-0.2, -0.15) is 5.10 Å². The molecule has 0 atom stereocenters. The van der Waals surface area contributed by atoms with Crippen LogP contribution in [0.5, 0.6) is 0 Å². The molecule has 0 aliphatic heterocycles. The number of pyridine rings is 1. The van der Waals surface area contributed by atoms with Crippen LogP contribution in [-0.4, -0.2) is 24.9 Å². The monoisotopic (exact) mass is 358 g/mol. The van der Waals surface area contributed by atoms with Crippen LogP contribution in [0.3, 0.4) is 0 Å². The number of fused-ring (bicyclic) bond motifs is 1. The van der Waals surface area contributed by atoms with Crippen LogP contribution < -0.4 is 0 Å². The van der Waals surface area contributed by atoms with Crippen LogP contribution in [0.2, 0.25) is 0 Å². The molecule has 3 aromatic heterocycles. The third kappa shape index (κ3) is 3.16. The number of benzene rings is 1. The Morgan fingerprint density at radius 1 is 0.963 bits per heavy atom. The average molecular weight is 358 g/mol. The van der Waals surface area contributed by atoms with Gasteiger partial charge in [-0.1, -0.05) is 35.9 Å². The molecule has 0 saturated heterocycles. The van der Waals surface area contributed by atoms with Gasteiger partial charge in [-0.15, -0.1) is 0 Å². The van der Waals surface area contributed by atoms with E-state index in [9.17, 15) is 4.79 Å². The van der Waals surface area contributed by atoms with Crippen LogP contribution in [0.25, 0.3) is 16.9 Å². The minimum atomic E-state index is 0.0530. The highest BCUT2D eigenvalue weighted by atomic mass is 16.1. The van der Waals surface area contributed by atoms with E-state index >= 15 is 0 Å². The molecule has 0 fully saturated rings. The lowest BCUT2D eigenvalue weighted by Gasteiger charge is -2.06. The van der Waals surface area contributed by atoms with E-state index < -0.39 is 0 Å². The van der Waals surface area contributed by atoms with Crippen LogP contribution in [-0.2, 0) is 13.5 Å². The second kappa shape index (κ2) is 6.50. The van der Waals surface area contributed by atoms with Crippen molar-refractivity contribution in [2.45, 2.75) is 27.2 Å². The molecule has 0 radical (unpaired) electrons. The van der Waals surface area contributed by atoms with E-state index in [4.69, 9.17) is 4.98 Å². The van der Waals surface area contributed by atoms with E-state index in [-0.39, 0.29) is 12.2 Å². The lowest BCUT2D eigenvalue weighted by Crippen LogP contribution is -2.07. The molecule has 0 amide bonds. The van der Waals surface area contributed by atoms with Crippen molar-refractivity contribution in [2.24, 2.45) is 7.05 Å². The minimum absolute atomic E-state index is 0.0530. The van der Waals surface area contributed by atoms with Crippen molar-refractivity contribution < 1.29 is 4.79 Å². The molecule has 0 saturated carbocycles. The lowest BCUT2D eigenvalue weighted by atomic mass is 10.0. The molecule has 4 rings (SSSR count). The minimum Gasteiger partial charge on any atom is -0.303 e. The van der Waals surface area contributed by atoms with Crippen LogP contribution >= 0.6 is 0 Å². The lowest BCUT2D eigenvalue weighted by molar-refractivity contribution is 0.0991. The van der Waals surface area contributed by atoms with E-state index in [2.05, 4.69) is 36.3 Å². The first kappa shape index (κ1) is 17.2. The molecule has 136 valence electrons. The maximum Gasteiger partial charge on any atom is 0.172 e. The fourth-order valence-corrected chi connectivity index (χ4v) is 3.43. The summed E-state index contributed by atoms with van der Waals surface area (Å²) in [4.78, 5) is 17.8. The first-order chi connectivity index (χ1) is 12.9. The Hall–Kier alpha value is -3.21. The van der Waals surface area contributed by atoms with Gasteiger partial charge in [0, 0.05) is 25.0 Å². The zero-order chi connectivity index (χ0) is 19.1. The second-order valence-electron chi connectivity index (χ2n) is 7.11. The molecular weight excluding hydrogens is 336 g/mol. The summed E-state index contributed by atoms with van der Waals surface area (Å²) in [6.07, 6.45) is 4.11. The molecule has 3 heterocycles. The summed E-state index contributed by atoms with van der Waals surface area (Å²) in [5.41, 5.74) is 7.37. The predicted molar refractivity (Wildman–Crippen MR) is 106 cm³/mol. The van der Waals surface area contributed by atoms with Gasteiger partial charge in [-0.3, -0.25) is 9.48 Å². The number of rotatable bonds is 4. The number of aromatic nitrogens is 4. The van der Waals surface area contributed by atoms with Gasteiger partial charge in [-0.25, -0.2) is 4.98 Å². The largest absolute Gasteiger partial charge is 0.303 e. The van der Waals surface area contributed by atoms with Crippen LogP contribution in [0.4, 0.5) is 0 Å². The summed E-state index contributed by atoms with van der Waals surface area (Å²) >= 11 is 0. The molecule has 4 aromatic rings. The highest BCUT2D eigenvalue weighted by Gasteiger charge is 2.20. The van der Waals surface area contributed by atoms with E-state index in [1.807, 2.05) is 43.6 Å². The molecule has 0 N–H and O–H groups in total. The Balaban J connectivity index is 1.85. The zero-order valence-electron chi connectivity index (χ0n) is 16.0. The van der Waals surface area contributed by atoms with Crippen molar-refractivity contribution in [1.29, 1.82) is 0 Å². The van der Waals surface area contributed by atoms with Gasteiger partial charge < -0.3 is 4.40 Å². The Labute approximate surface area is 158 Å². The third-order valence-electron chi connectivity index (χ3n) is 4.83. The number of imidazole rings is 1. The summed E-state index contributed by atoms with van der Waals surface area (Å²) in [6, 6.07) is 12.3. The molecule has 1 aromatic carbocycles. The summed E-state index contributed by atoms with van der Waals surface area (Å²) in [7, 11) is 1.83. The van der Waals surface area contributed by atoms with Gasteiger partial charge in [0.1, 0.15) is 5.65 Å². The summed E-state index contributed by atoms with van der Waals surface area (Å²) < 4.78 is 3.72. The number of carbonyl (C=O) groups excluding carboxylic acids is 1. The Kier molecular flexibility index (Phi) is 4.15. The number of aryl methyl sites for hydroxylation is 4. The summed E-state index contributed by atoms with van der Waals surface area (Å²) in [5, 5.41) is 4.30. The Bertz CT molecular complexity index is 1150. The molecule has 27 heavy (non-hydrogen) atoms. The molecule has 0 aliphatic rings. The number of Topliss-reactive ketones (excluding diaryl/α,β-unsaturated/α-hetero) is 1. The number of hydrogen-bond acceptors (Lipinski definition) is 3. The van der Waals surface area contributed by atoms with Gasteiger partial charge in [-0.05, 0) is 32.4 Å². The molecular formula is C22H22N4O. The first-order valence-corrected chi connectivity index (χ1v) is 9.00. The fraction of sp³-hybridized carbons (Fsp3) is 0.227. The molecule has 0 aliphatic carbocycles. The molecule has 0 unspecified atom stereocenters. The van der Waals surface area contributed by atoms with E-state index in [0.29, 0.717) is 5.56 Å². The van der Waals surface area contributed by atoms with E-state index in [1.165, 1.54) is 5.56 Å². The van der Waals surface area contributed by atoms with E-state index in [1.54, 1.807) is 10.9 Å². The maximum atomic E-state index is 13.0. The molecule has 5 nitrogen and oxygen atoms in total. The van der Waals surface area contributed by atoms with Gasteiger partial charge in [0.15, 0.2) is 5.78 Å². The topological polar surface area (TPSA) is 52.2 Å². The van der Waals surface area contributed by atoms with Crippen LogP contribution in [0.15, 0.2) is 48.8 Å². The third-order valence-corrected chi connectivity index (χ3v) is 4.83. The molecule has 0 spiro atoms. The predicted octanol–water partition coefficient (Wildman–Crippen LogP) is 4.09. The van der Waals surface area contributed by atoms with Crippen molar-refractivity contribution in [3.8, 4) is 11.3 Å². The van der Waals surface area contributed by atoms with Crippen molar-refractivity contribution in [1.82, 2.24) is 19.2 Å². The highest BCUT2D eigenvalue weighted by molar-refractivity contribution is 5.99. The van der Waals surface area contributed by atoms with Crippen molar-refractivity contribution in [3.05, 3.63) is 76.9 Å². The smallest absolute Gasteiger partial charge is 0.172 e. The zero-order valence-corrected chi connectivity index (χ0v) is 16.0. The standard InChI is InChI=1S/C22H22N4O/c1-14-5-8-17(9-6-14)22-19(26-12-15(2)7-10-21(26)23-22)11-20(27)18-13-25(4)24-16(18)3/h5-10,12-13H,11H2,1-4H3. The van der Waals surface area contributed by atoms with Crippen molar-refractivity contribution in [2.75, 3.05) is 0 Å². The summed E-state index contributed by atoms with van der Waals surface area (Å²) in [6.45, 7) is 5.97.